The van der Waals surface area contributed by atoms with E-state index in [-0.39, 0.29) is 11.8 Å². The van der Waals surface area contributed by atoms with Gasteiger partial charge in [-0.25, -0.2) is 0 Å². The number of carbonyl (C=O) groups is 1. The van der Waals surface area contributed by atoms with Gasteiger partial charge in [0.25, 0.3) is 0 Å². The Bertz CT molecular complexity index is 830. The molecule has 1 aliphatic rings. The number of amides is 1. The van der Waals surface area contributed by atoms with E-state index >= 15 is 0 Å². The number of nitrogens with zero attached hydrogens (tertiary/aromatic N) is 2. The molecule has 0 radical (unpaired) electrons. The van der Waals surface area contributed by atoms with Gasteiger partial charge >= 0.3 is 0 Å². The Morgan fingerprint density at radius 3 is 2.57 bits per heavy atom. The van der Waals surface area contributed by atoms with Gasteiger partial charge in [0.05, 0.1) is 5.71 Å². The van der Waals surface area contributed by atoms with Crippen LogP contribution in [0.5, 0.6) is 0 Å². The van der Waals surface area contributed by atoms with Crippen molar-refractivity contribution in [1.82, 2.24) is 0 Å². The Labute approximate surface area is 170 Å². The van der Waals surface area contributed by atoms with Crippen molar-refractivity contribution >= 4 is 29.1 Å². The number of rotatable bonds is 6. The highest BCUT2D eigenvalue weighted by Crippen LogP contribution is 2.27. The maximum absolute atomic E-state index is 11.5. The van der Waals surface area contributed by atoms with E-state index in [9.17, 15) is 10.0 Å². The van der Waals surface area contributed by atoms with Gasteiger partial charge in [-0.2, -0.15) is 0 Å². The van der Waals surface area contributed by atoms with Crippen LogP contribution in [0.25, 0.3) is 0 Å². The number of anilines is 1. The molecule has 1 fully saturated rings. The molecule has 2 aromatic rings. The van der Waals surface area contributed by atoms with Crippen LogP contribution in [0.4, 0.5) is 5.69 Å². The molecule has 0 atom stereocenters. The first kappa shape index (κ1) is 20.4. The van der Waals surface area contributed by atoms with Crippen molar-refractivity contribution < 1.29 is 14.7 Å². The first-order valence-corrected chi connectivity index (χ1v) is 10.4. The maximum atomic E-state index is 11.5. The van der Waals surface area contributed by atoms with Crippen LogP contribution in [0.3, 0.4) is 0 Å². The Kier molecular flexibility index (Phi) is 7.12. The maximum Gasteiger partial charge on any atom is 0.223 e. The highest BCUT2D eigenvalue weighted by Gasteiger charge is 2.22. The van der Waals surface area contributed by atoms with Gasteiger partial charge in [0.2, 0.25) is 5.91 Å². The molecule has 0 aromatic heterocycles. The van der Waals surface area contributed by atoms with E-state index in [4.69, 9.17) is 4.74 Å². The molecule has 28 heavy (non-hydrogen) atoms. The minimum absolute atomic E-state index is 0.0184. The van der Waals surface area contributed by atoms with Crippen molar-refractivity contribution in [2.24, 2.45) is 11.1 Å². The molecule has 6 heteroatoms. The van der Waals surface area contributed by atoms with E-state index in [0.29, 0.717) is 13.2 Å². The minimum atomic E-state index is 0.0184. The molecule has 0 bridgehead atoms. The molecule has 0 saturated carbocycles. The fraction of sp³-hybridized carbons (Fsp3) is 0.364. The van der Waals surface area contributed by atoms with E-state index in [1.54, 1.807) is 30.6 Å². The van der Waals surface area contributed by atoms with Gasteiger partial charge in [0.15, 0.2) is 0 Å². The average Bonchev–Trinajstić information content (AvgIpc) is 2.74. The van der Waals surface area contributed by atoms with Crippen LogP contribution < -0.4 is 4.90 Å². The number of carbonyl (C=O) groups excluding carboxylic acids is 1. The summed E-state index contributed by atoms with van der Waals surface area (Å²) in [4.78, 5) is 14.2. The number of hydrogen-bond acceptors (Lipinski definition) is 5. The Balaban J connectivity index is 1.65. The summed E-state index contributed by atoms with van der Waals surface area (Å²) >= 11 is 1.74. The topological polar surface area (TPSA) is 62.1 Å². The van der Waals surface area contributed by atoms with Crippen LogP contribution in [0.1, 0.15) is 30.9 Å². The normalized spacial score (nSPS) is 15.4. The number of oxime groups is 1. The standard InChI is InChI=1S/C22H26N2O3S/c1-16(25)24(2)20-8-6-17(7-9-20)15-28-21-5-3-4-19(14-21)22(23-26)18-10-12-27-13-11-18/h3-9,14,18,26H,10-13,15H2,1-2H3/b23-22-. The minimum Gasteiger partial charge on any atom is -0.411 e. The molecule has 1 heterocycles. The summed E-state index contributed by atoms with van der Waals surface area (Å²) in [7, 11) is 1.77. The van der Waals surface area contributed by atoms with Gasteiger partial charge in [0.1, 0.15) is 0 Å². The third kappa shape index (κ3) is 5.14. The predicted octanol–water partition coefficient (Wildman–Crippen LogP) is 4.57. The summed E-state index contributed by atoms with van der Waals surface area (Å²) in [6.07, 6.45) is 1.77. The zero-order valence-electron chi connectivity index (χ0n) is 16.3. The largest absolute Gasteiger partial charge is 0.411 e. The smallest absolute Gasteiger partial charge is 0.223 e. The fourth-order valence-electron chi connectivity index (χ4n) is 3.26. The molecular formula is C22H26N2O3S. The number of hydrogen-bond donors (Lipinski definition) is 1. The van der Waals surface area contributed by atoms with Crippen LogP contribution in [0.2, 0.25) is 0 Å². The fourth-order valence-corrected chi connectivity index (χ4v) is 4.17. The van der Waals surface area contributed by atoms with E-state index in [1.807, 2.05) is 36.4 Å². The zero-order valence-corrected chi connectivity index (χ0v) is 17.1. The third-order valence-corrected chi connectivity index (χ3v) is 6.11. The van der Waals surface area contributed by atoms with Crippen molar-refractivity contribution in [1.29, 1.82) is 0 Å². The van der Waals surface area contributed by atoms with E-state index in [0.717, 1.165) is 40.5 Å². The molecule has 3 rings (SSSR count). The van der Waals surface area contributed by atoms with E-state index in [1.165, 1.54) is 5.56 Å². The monoisotopic (exact) mass is 398 g/mol. The van der Waals surface area contributed by atoms with Crippen molar-refractivity contribution in [3.63, 3.8) is 0 Å². The zero-order chi connectivity index (χ0) is 19.9. The first-order chi connectivity index (χ1) is 13.6. The third-order valence-electron chi connectivity index (χ3n) is 5.05. The lowest BCUT2D eigenvalue weighted by Gasteiger charge is -2.23. The average molecular weight is 399 g/mol. The SMILES string of the molecule is CC(=O)N(C)c1ccc(CSc2cccc(/C(=N\O)C3CCOCC3)c2)cc1. The molecule has 2 aromatic carbocycles. The van der Waals surface area contributed by atoms with Gasteiger partial charge in [-0.05, 0) is 42.7 Å². The molecule has 148 valence electrons. The predicted molar refractivity (Wildman–Crippen MR) is 113 cm³/mol. The quantitative estimate of drug-likeness (QED) is 0.335. The lowest BCUT2D eigenvalue weighted by atomic mass is 9.90. The molecule has 1 aliphatic heterocycles. The second-order valence-electron chi connectivity index (χ2n) is 6.93. The van der Waals surface area contributed by atoms with E-state index in [2.05, 4.69) is 17.3 Å². The number of thioether (sulfide) groups is 1. The Morgan fingerprint density at radius 2 is 1.93 bits per heavy atom. The Morgan fingerprint density at radius 1 is 1.21 bits per heavy atom. The summed E-state index contributed by atoms with van der Waals surface area (Å²) in [6, 6.07) is 16.2. The molecule has 1 N–H and O–H groups in total. The summed E-state index contributed by atoms with van der Waals surface area (Å²) < 4.78 is 5.42. The molecule has 0 spiro atoms. The molecule has 0 aliphatic carbocycles. The highest BCUT2D eigenvalue weighted by molar-refractivity contribution is 7.98. The van der Waals surface area contributed by atoms with Gasteiger partial charge in [-0.15, -0.1) is 11.8 Å². The summed E-state index contributed by atoms with van der Waals surface area (Å²) in [6.45, 7) is 2.99. The van der Waals surface area contributed by atoms with Gasteiger partial charge in [-0.1, -0.05) is 29.4 Å². The molecular weight excluding hydrogens is 372 g/mol. The second-order valence-corrected chi connectivity index (χ2v) is 7.98. The van der Waals surface area contributed by atoms with E-state index < -0.39 is 0 Å². The molecule has 1 saturated heterocycles. The van der Waals surface area contributed by atoms with Crippen LogP contribution in [0, 0.1) is 5.92 Å². The Hall–Kier alpha value is -2.31. The summed E-state index contributed by atoms with van der Waals surface area (Å²) in [5.41, 5.74) is 3.81. The van der Waals surface area contributed by atoms with Crippen LogP contribution in [0.15, 0.2) is 58.6 Å². The molecule has 0 unspecified atom stereocenters. The van der Waals surface area contributed by atoms with Crippen LogP contribution in [-0.4, -0.2) is 37.1 Å². The van der Waals surface area contributed by atoms with Crippen LogP contribution >= 0.6 is 11.8 Å². The van der Waals surface area contributed by atoms with Crippen LogP contribution in [-0.2, 0) is 15.3 Å². The van der Waals surface area contributed by atoms with Gasteiger partial charge in [0, 0.05) is 55.0 Å². The van der Waals surface area contributed by atoms with Crippen molar-refractivity contribution in [3.05, 3.63) is 59.7 Å². The lowest BCUT2D eigenvalue weighted by molar-refractivity contribution is -0.116. The molecule has 5 nitrogen and oxygen atoms in total. The van der Waals surface area contributed by atoms with Gasteiger partial charge in [-0.3, -0.25) is 4.79 Å². The molecule has 1 amide bonds. The van der Waals surface area contributed by atoms with Gasteiger partial charge < -0.3 is 14.8 Å². The summed E-state index contributed by atoms with van der Waals surface area (Å²) in [5, 5.41) is 13.2. The first-order valence-electron chi connectivity index (χ1n) is 9.44. The second kappa shape index (κ2) is 9.75. The number of ether oxygens (including phenoxy) is 1. The lowest BCUT2D eigenvalue weighted by Crippen LogP contribution is -2.24. The summed E-state index contributed by atoms with van der Waals surface area (Å²) in [5.74, 6) is 1.09. The van der Waals surface area contributed by atoms with Crippen molar-refractivity contribution in [2.75, 3.05) is 25.2 Å². The highest BCUT2D eigenvalue weighted by atomic mass is 32.2. The van der Waals surface area contributed by atoms with Crippen molar-refractivity contribution in [3.8, 4) is 0 Å². The van der Waals surface area contributed by atoms with Crippen molar-refractivity contribution in [2.45, 2.75) is 30.4 Å². The number of benzene rings is 2.